The number of carbonyl (C=O) groups excluding carboxylic acids is 1. The third kappa shape index (κ3) is 2.04. The number of primary amides is 1. The number of rotatable bonds is 2. The number of carbonyl (C=O) groups is 1. The van der Waals surface area contributed by atoms with E-state index in [4.69, 9.17) is 5.73 Å². The molecular weight excluding hydrogens is 272 g/mol. The second-order valence-corrected chi connectivity index (χ2v) is 6.46. The van der Waals surface area contributed by atoms with Gasteiger partial charge in [0.1, 0.15) is 6.04 Å². The highest BCUT2D eigenvalue weighted by atomic mass is 16.1. The molecule has 2 aromatic carbocycles. The number of amides is 1. The van der Waals surface area contributed by atoms with Gasteiger partial charge in [0.15, 0.2) is 0 Å². The number of hydrogen-bond donors (Lipinski definition) is 2. The van der Waals surface area contributed by atoms with Crippen LogP contribution < -0.4 is 10.6 Å². The zero-order valence-electron chi connectivity index (χ0n) is 12.6. The van der Waals surface area contributed by atoms with E-state index in [1.807, 2.05) is 0 Å². The Hall–Kier alpha value is -2.13. The summed E-state index contributed by atoms with van der Waals surface area (Å²) < 4.78 is 0. The molecule has 1 aliphatic carbocycles. The minimum atomic E-state index is -0.142. The Bertz CT molecular complexity index is 679. The highest BCUT2D eigenvalue weighted by Gasteiger charge is 2.39. The normalized spacial score (nSPS) is 23.8. The van der Waals surface area contributed by atoms with Crippen molar-refractivity contribution in [2.24, 2.45) is 11.7 Å². The lowest BCUT2D eigenvalue weighted by Gasteiger charge is -2.33. The average Bonchev–Trinajstić information content (AvgIpc) is 2.89. The summed E-state index contributed by atoms with van der Waals surface area (Å²) in [5.41, 5.74) is 11.0. The minimum absolute atomic E-state index is 0.0173. The lowest BCUT2D eigenvalue weighted by molar-refractivity contribution is -0.932. The van der Waals surface area contributed by atoms with Crippen molar-refractivity contribution in [2.45, 2.75) is 18.9 Å². The highest BCUT2D eigenvalue weighted by molar-refractivity contribution is 5.78. The third-order valence-corrected chi connectivity index (χ3v) is 5.20. The molecule has 0 radical (unpaired) electrons. The molecule has 0 aromatic heterocycles. The molecular formula is C19H21N2O+. The fraction of sp³-hybridized carbons (Fsp3) is 0.316. The summed E-state index contributed by atoms with van der Waals surface area (Å²) in [4.78, 5) is 13.1. The second kappa shape index (κ2) is 5.25. The van der Waals surface area contributed by atoms with Crippen LogP contribution in [0.4, 0.5) is 0 Å². The third-order valence-electron chi connectivity index (χ3n) is 5.20. The number of nitrogens with two attached hydrogens (primary N) is 1. The predicted octanol–water partition coefficient (Wildman–Crippen LogP) is 1.54. The van der Waals surface area contributed by atoms with Gasteiger partial charge in [-0.05, 0) is 24.0 Å². The van der Waals surface area contributed by atoms with E-state index < -0.39 is 0 Å². The van der Waals surface area contributed by atoms with Gasteiger partial charge in [-0.2, -0.15) is 0 Å². The number of hydrogen-bond acceptors (Lipinski definition) is 1. The van der Waals surface area contributed by atoms with Crippen LogP contribution in [0, 0.1) is 5.92 Å². The van der Waals surface area contributed by atoms with Gasteiger partial charge in [-0.15, -0.1) is 0 Å². The Labute approximate surface area is 130 Å². The number of nitrogens with one attached hydrogen (secondary N) is 1. The Balaban J connectivity index is 1.77. The molecule has 1 heterocycles. The smallest absolute Gasteiger partial charge is 0.226 e. The van der Waals surface area contributed by atoms with Gasteiger partial charge in [0.25, 0.3) is 0 Å². The number of fused-ring (bicyclic) bond motifs is 3. The first-order chi connectivity index (χ1) is 10.8. The van der Waals surface area contributed by atoms with Gasteiger partial charge >= 0.3 is 0 Å². The molecule has 4 rings (SSSR count). The van der Waals surface area contributed by atoms with E-state index in [1.165, 1.54) is 27.2 Å². The lowest BCUT2D eigenvalue weighted by atomic mass is 9.93. The van der Waals surface area contributed by atoms with Crippen LogP contribution in [0.2, 0.25) is 0 Å². The van der Waals surface area contributed by atoms with Gasteiger partial charge < -0.3 is 10.6 Å². The van der Waals surface area contributed by atoms with Crippen molar-refractivity contribution in [3.63, 3.8) is 0 Å². The monoisotopic (exact) mass is 293 g/mol. The van der Waals surface area contributed by atoms with Gasteiger partial charge in [-0.3, -0.25) is 4.79 Å². The van der Waals surface area contributed by atoms with Crippen LogP contribution in [0.3, 0.4) is 0 Å². The topological polar surface area (TPSA) is 47.5 Å². The second-order valence-electron chi connectivity index (χ2n) is 6.46. The van der Waals surface area contributed by atoms with E-state index in [-0.39, 0.29) is 11.8 Å². The summed E-state index contributed by atoms with van der Waals surface area (Å²) in [7, 11) is 0. The van der Waals surface area contributed by atoms with Crippen LogP contribution in [-0.4, -0.2) is 19.0 Å². The standard InChI is InChI=1S/C19H20N2O/c20-19(22)13-6-5-11-21(12-13)18-16-9-3-1-7-14(16)15-8-2-4-10-17(15)18/h1-4,7-10,13,18H,5-6,11-12H2,(H2,20,22)/p+1/t13-/m0/s1. The molecule has 22 heavy (non-hydrogen) atoms. The number of benzene rings is 2. The summed E-state index contributed by atoms with van der Waals surface area (Å²) in [5, 5.41) is 0. The van der Waals surface area contributed by atoms with E-state index in [0.29, 0.717) is 6.04 Å². The number of likely N-dealkylation sites (tertiary alicyclic amines) is 1. The summed E-state index contributed by atoms with van der Waals surface area (Å²) in [6, 6.07) is 17.7. The maximum Gasteiger partial charge on any atom is 0.226 e. The molecule has 0 saturated carbocycles. The molecule has 3 nitrogen and oxygen atoms in total. The maximum absolute atomic E-state index is 11.6. The SMILES string of the molecule is NC(=O)[C@H]1CCC[NH+](C2c3ccccc3-c3ccccc32)C1. The maximum atomic E-state index is 11.6. The Kier molecular flexibility index (Phi) is 3.23. The molecule has 112 valence electrons. The van der Waals surface area contributed by atoms with Gasteiger partial charge in [-0.1, -0.05) is 48.5 Å². The van der Waals surface area contributed by atoms with Gasteiger partial charge in [0.05, 0.1) is 19.0 Å². The van der Waals surface area contributed by atoms with Crippen LogP contribution >= 0.6 is 0 Å². The van der Waals surface area contributed by atoms with Gasteiger partial charge in [0, 0.05) is 11.1 Å². The van der Waals surface area contributed by atoms with Crippen molar-refractivity contribution in [3.05, 3.63) is 59.7 Å². The zero-order chi connectivity index (χ0) is 15.1. The molecule has 1 saturated heterocycles. The van der Waals surface area contributed by atoms with E-state index in [1.54, 1.807) is 0 Å². The predicted molar refractivity (Wildman–Crippen MR) is 86.3 cm³/mol. The van der Waals surface area contributed by atoms with Gasteiger partial charge in [-0.25, -0.2) is 0 Å². The first kappa shape index (κ1) is 13.5. The summed E-state index contributed by atoms with van der Waals surface area (Å²) in [6.45, 7) is 1.96. The molecule has 1 fully saturated rings. The largest absolute Gasteiger partial charge is 0.369 e. The lowest BCUT2D eigenvalue weighted by Crippen LogP contribution is -3.14. The molecule has 0 spiro atoms. The Morgan fingerprint density at radius 3 is 2.18 bits per heavy atom. The first-order valence-electron chi connectivity index (χ1n) is 8.08. The van der Waals surface area contributed by atoms with Crippen molar-refractivity contribution >= 4 is 5.91 Å². The minimum Gasteiger partial charge on any atom is -0.369 e. The van der Waals surface area contributed by atoms with Crippen LogP contribution in [0.1, 0.15) is 30.0 Å². The summed E-state index contributed by atoms with van der Waals surface area (Å²) in [5.74, 6) is -0.125. The molecule has 3 heteroatoms. The molecule has 2 atom stereocenters. The van der Waals surface area contributed by atoms with Crippen molar-refractivity contribution in [1.82, 2.24) is 0 Å². The van der Waals surface area contributed by atoms with Crippen molar-refractivity contribution in [2.75, 3.05) is 13.1 Å². The molecule has 2 aliphatic rings. The molecule has 1 aliphatic heterocycles. The first-order valence-corrected chi connectivity index (χ1v) is 8.08. The van der Waals surface area contributed by atoms with Crippen LogP contribution in [0.5, 0.6) is 0 Å². The molecule has 0 bridgehead atoms. The van der Waals surface area contributed by atoms with Crippen molar-refractivity contribution < 1.29 is 9.69 Å². The van der Waals surface area contributed by atoms with Crippen LogP contribution in [0.25, 0.3) is 11.1 Å². The zero-order valence-corrected chi connectivity index (χ0v) is 12.6. The fourth-order valence-corrected chi connectivity index (χ4v) is 4.20. The molecule has 2 aromatic rings. The summed E-state index contributed by atoms with van der Waals surface area (Å²) in [6.07, 6.45) is 2.01. The molecule has 3 N–H and O–H groups in total. The Morgan fingerprint density at radius 2 is 1.59 bits per heavy atom. The summed E-state index contributed by atoms with van der Waals surface area (Å²) >= 11 is 0. The van der Waals surface area contributed by atoms with Gasteiger partial charge in [0.2, 0.25) is 5.91 Å². The van der Waals surface area contributed by atoms with Crippen molar-refractivity contribution in [1.29, 1.82) is 0 Å². The van der Waals surface area contributed by atoms with Crippen LogP contribution in [0.15, 0.2) is 48.5 Å². The number of piperidine rings is 1. The Morgan fingerprint density at radius 1 is 1.00 bits per heavy atom. The van der Waals surface area contributed by atoms with E-state index in [2.05, 4.69) is 48.5 Å². The van der Waals surface area contributed by atoms with Crippen molar-refractivity contribution in [3.8, 4) is 11.1 Å². The van der Waals surface area contributed by atoms with E-state index in [9.17, 15) is 4.79 Å². The highest BCUT2D eigenvalue weighted by Crippen LogP contribution is 2.41. The van der Waals surface area contributed by atoms with E-state index in [0.717, 1.165) is 25.9 Å². The van der Waals surface area contributed by atoms with Crippen LogP contribution in [-0.2, 0) is 4.79 Å². The average molecular weight is 293 g/mol. The molecule has 1 unspecified atom stereocenters. The quantitative estimate of drug-likeness (QED) is 0.867. The number of quaternary nitrogens is 1. The molecule has 1 amide bonds. The fourth-order valence-electron chi connectivity index (χ4n) is 4.20. The van der Waals surface area contributed by atoms with E-state index >= 15 is 0 Å².